The van der Waals surface area contributed by atoms with Gasteiger partial charge in [0, 0.05) is 13.0 Å². The van der Waals surface area contributed by atoms with E-state index in [4.69, 9.17) is 5.11 Å². The first-order chi connectivity index (χ1) is 7.99. The normalized spacial score (nSPS) is 15.7. The van der Waals surface area contributed by atoms with E-state index >= 15 is 0 Å². The van der Waals surface area contributed by atoms with Gasteiger partial charge in [-0.3, -0.25) is 9.59 Å². The van der Waals surface area contributed by atoms with Gasteiger partial charge in [0.1, 0.15) is 6.54 Å². The first-order valence-electron chi connectivity index (χ1n) is 6.48. The molecule has 0 aromatic rings. The Bertz CT molecular complexity index is 272. The zero-order valence-electron chi connectivity index (χ0n) is 10.8. The second kappa shape index (κ2) is 6.62. The molecule has 1 rings (SSSR count). The topological polar surface area (TPSA) is 57.6 Å². The molecular formula is C13H23NO3. The minimum Gasteiger partial charge on any atom is -0.480 e. The van der Waals surface area contributed by atoms with Crippen molar-refractivity contribution in [3.05, 3.63) is 0 Å². The molecule has 1 saturated carbocycles. The summed E-state index contributed by atoms with van der Waals surface area (Å²) in [5, 5.41) is 8.79. The van der Waals surface area contributed by atoms with Crippen LogP contribution >= 0.6 is 0 Å². The van der Waals surface area contributed by atoms with Gasteiger partial charge in [-0.15, -0.1) is 0 Å². The largest absolute Gasteiger partial charge is 0.480 e. The van der Waals surface area contributed by atoms with Crippen LogP contribution in [0.4, 0.5) is 0 Å². The first kappa shape index (κ1) is 14.0. The Morgan fingerprint density at radius 2 is 2.00 bits per heavy atom. The molecular weight excluding hydrogens is 218 g/mol. The minimum absolute atomic E-state index is 0.00648. The Labute approximate surface area is 103 Å². The van der Waals surface area contributed by atoms with Crippen molar-refractivity contribution < 1.29 is 14.7 Å². The maximum Gasteiger partial charge on any atom is 0.323 e. The van der Waals surface area contributed by atoms with Crippen LogP contribution in [0.15, 0.2) is 0 Å². The highest BCUT2D eigenvalue weighted by atomic mass is 16.4. The lowest BCUT2D eigenvalue weighted by molar-refractivity contribution is -0.145. The summed E-state index contributed by atoms with van der Waals surface area (Å²) in [5.74, 6) is 0.0716. The fraction of sp³-hybridized carbons (Fsp3) is 0.846. The zero-order valence-corrected chi connectivity index (χ0v) is 10.8. The van der Waals surface area contributed by atoms with Crippen molar-refractivity contribution in [1.82, 2.24) is 4.90 Å². The van der Waals surface area contributed by atoms with Gasteiger partial charge in [0.15, 0.2) is 0 Å². The summed E-state index contributed by atoms with van der Waals surface area (Å²) in [4.78, 5) is 24.1. The van der Waals surface area contributed by atoms with Gasteiger partial charge in [-0.2, -0.15) is 0 Å². The van der Waals surface area contributed by atoms with Crippen molar-refractivity contribution in [3.8, 4) is 0 Å². The molecule has 1 aliphatic rings. The molecule has 98 valence electrons. The maximum atomic E-state index is 11.9. The van der Waals surface area contributed by atoms with Gasteiger partial charge < -0.3 is 10.0 Å². The van der Waals surface area contributed by atoms with E-state index in [1.54, 1.807) is 0 Å². The van der Waals surface area contributed by atoms with Gasteiger partial charge in [-0.1, -0.05) is 33.1 Å². The van der Waals surface area contributed by atoms with E-state index in [9.17, 15) is 9.59 Å². The van der Waals surface area contributed by atoms with E-state index in [2.05, 4.69) is 0 Å². The van der Waals surface area contributed by atoms with E-state index in [-0.39, 0.29) is 12.5 Å². The van der Waals surface area contributed by atoms with Crippen LogP contribution in [0, 0.1) is 11.8 Å². The van der Waals surface area contributed by atoms with Gasteiger partial charge in [-0.05, 0) is 18.3 Å². The van der Waals surface area contributed by atoms with Crippen LogP contribution in [0.25, 0.3) is 0 Å². The lowest BCUT2D eigenvalue weighted by atomic mass is 9.82. The Hall–Kier alpha value is -1.06. The smallest absolute Gasteiger partial charge is 0.323 e. The molecule has 0 aromatic heterocycles. The van der Waals surface area contributed by atoms with Crippen LogP contribution in [-0.2, 0) is 9.59 Å². The van der Waals surface area contributed by atoms with Gasteiger partial charge >= 0.3 is 5.97 Å². The monoisotopic (exact) mass is 241 g/mol. The second-order valence-corrected chi connectivity index (χ2v) is 5.40. The van der Waals surface area contributed by atoms with E-state index in [0.717, 1.165) is 6.42 Å². The molecule has 1 N–H and O–H groups in total. The van der Waals surface area contributed by atoms with Gasteiger partial charge in [0.25, 0.3) is 0 Å². The summed E-state index contributed by atoms with van der Waals surface area (Å²) in [6.07, 6.45) is 5.17. The van der Waals surface area contributed by atoms with Gasteiger partial charge in [0.2, 0.25) is 5.91 Å². The quantitative estimate of drug-likeness (QED) is 0.743. The number of amides is 1. The van der Waals surface area contributed by atoms with Crippen molar-refractivity contribution in [2.24, 2.45) is 11.8 Å². The number of nitrogens with zero attached hydrogens (tertiary/aromatic N) is 1. The standard InChI is InChI=1S/C13H23NO3/c1-10(2)8-14(9-13(16)17)12(15)7-6-11-4-3-5-11/h10-11H,3-9H2,1-2H3,(H,16,17). The molecule has 17 heavy (non-hydrogen) atoms. The Kier molecular flexibility index (Phi) is 5.45. The molecule has 0 aromatic carbocycles. The summed E-state index contributed by atoms with van der Waals surface area (Å²) in [7, 11) is 0. The van der Waals surface area contributed by atoms with Crippen LogP contribution in [0.3, 0.4) is 0 Å². The number of hydrogen-bond donors (Lipinski definition) is 1. The third-order valence-corrected chi connectivity index (χ3v) is 3.26. The van der Waals surface area contributed by atoms with Crippen molar-refractivity contribution in [1.29, 1.82) is 0 Å². The fourth-order valence-corrected chi connectivity index (χ4v) is 2.13. The molecule has 0 heterocycles. The van der Waals surface area contributed by atoms with Crippen molar-refractivity contribution in [2.45, 2.75) is 46.0 Å². The number of carbonyl (C=O) groups excluding carboxylic acids is 1. The Morgan fingerprint density at radius 3 is 2.41 bits per heavy atom. The summed E-state index contributed by atoms with van der Waals surface area (Å²) in [6.45, 7) is 4.36. The first-order valence-corrected chi connectivity index (χ1v) is 6.48. The number of carboxylic acids is 1. The number of carboxylic acid groups (broad SMARTS) is 1. The van der Waals surface area contributed by atoms with Crippen LogP contribution in [-0.4, -0.2) is 35.0 Å². The lowest BCUT2D eigenvalue weighted by Crippen LogP contribution is -2.38. The van der Waals surface area contributed by atoms with Crippen LogP contribution in [0.2, 0.25) is 0 Å². The highest BCUT2D eigenvalue weighted by molar-refractivity contribution is 5.81. The van der Waals surface area contributed by atoms with Crippen LogP contribution in [0.5, 0.6) is 0 Å². The molecule has 0 atom stereocenters. The number of carbonyl (C=O) groups is 2. The molecule has 0 spiro atoms. The fourth-order valence-electron chi connectivity index (χ4n) is 2.13. The predicted octanol–water partition coefficient (Wildman–Crippen LogP) is 2.14. The maximum absolute atomic E-state index is 11.9. The van der Waals surface area contributed by atoms with Crippen molar-refractivity contribution in [3.63, 3.8) is 0 Å². The molecule has 4 nitrogen and oxygen atoms in total. The molecule has 1 aliphatic carbocycles. The molecule has 1 fully saturated rings. The predicted molar refractivity (Wildman–Crippen MR) is 65.6 cm³/mol. The average molecular weight is 241 g/mol. The summed E-state index contributed by atoms with van der Waals surface area (Å²) in [5.41, 5.74) is 0. The minimum atomic E-state index is -0.928. The number of rotatable bonds is 7. The molecule has 4 heteroatoms. The summed E-state index contributed by atoms with van der Waals surface area (Å²) in [6, 6.07) is 0. The summed E-state index contributed by atoms with van der Waals surface area (Å²) >= 11 is 0. The SMILES string of the molecule is CC(C)CN(CC(=O)O)C(=O)CCC1CCC1. The molecule has 0 saturated heterocycles. The van der Waals surface area contributed by atoms with Crippen LogP contribution in [0.1, 0.15) is 46.0 Å². The third kappa shape index (κ3) is 5.20. The highest BCUT2D eigenvalue weighted by Crippen LogP contribution is 2.30. The van der Waals surface area contributed by atoms with Crippen molar-refractivity contribution in [2.75, 3.05) is 13.1 Å². The summed E-state index contributed by atoms with van der Waals surface area (Å²) < 4.78 is 0. The van der Waals surface area contributed by atoms with E-state index in [1.807, 2.05) is 13.8 Å². The van der Waals surface area contributed by atoms with E-state index in [1.165, 1.54) is 24.2 Å². The lowest BCUT2D eigenvalue weighted by Gasteiger charge is -2.27. The van der Waals surface area contributed by atoms with E-state index < -0.39 is 5.97 Å². The average Bonchev–Trinajstić information content (AvgIpc) is 2.12. The number of aliphatic carboxylic acids is 1. The Balaban J connectivity index is 2.36. The molecule has 0 aliphatic heterocycles. The van der Waals surface area contributed by atoms with Gasteiger partial charge in [-0.25, -0.2) is 0 Å². The van der Waals surface area contributed by atoms with Crippen molar-refractivity contribution >= 4 is 11.9 Å². The van der Waals surface area contributed by atoms with Crippen LogP contribution < -0.4 is 0 Å². The van der Waals surface area contributed by atoms with Gasteiger partial charge in [0.05, 0.1) is 0 Å². The molecule has 0 unspecified atom stereocenters. The highest BCUT2D eigenvalue weighted by Gasteiger charge is 2.22. The molecule has 0 bridgehead atoms. The second-order valence-electron chi connectivity index (χ2n) is 5.40. The molecule has 0 radical (unpaired) electrons. The Morgan fingerprint density at radius 1 is 1.35 bits per heavy atom. The third-order valence-electron chi connectivity index (χ3n) is 3.26. The number of hydrogen-bond acceptors (Lipinski definition) is 2. The van der Waals surface area contributed by atoms with E-state index in [0.29, 0.717) is 24.8 Å². The molecule has 1 amide bonds. The zero-order chi connectivity index (χ0) is 12.8.